The van der Waals surface area contributed by atoms with Gasteiger partial charge in [0.05, 0.1) is 0 Å². The smallest absolute Gasteiger partial charge is 0.144 e. The Kier molecular flexibility index (Phi) is 3.96. The van der Waals surface area contributed by atoms with Crippen molar-refractivity contribution in [3.8, 4) is 11.1 Å². The lowest BCUT2D eigenvalue weighted by molar-refractivity contribution is 0.619. The second kappa shape index (κ2) is 6.28. The summed E-state index contributed by atoms with van der Waals surface area (Å²) in [6.45, 7) is 4.82. The molecule has 1 aliphatic heterocycles. The molecule has 0 atom stereocenters. The van der Waals surface area contributed by atoms with Crippen molar-refractivity contribution >= 4 is 11.5 Å². The largest absolute Gasteiger partial charge is 0.326 e. The third-order valence-corrected chi connectivity index (χ3v) is 4.77. The maximum atomic E-state index is 13.7. The third-order valence-electron chi connectivity index (χ3n) is 4.77. The number of nitrogens with zero attached hydrogens (tertiary/aromatic N) is 3. The Bertz CT molecular complexity index is 936. The van der Waals surface area contributed by atoms with Crippen molar-refractivity contribution in [3.63, 3.8) is 0 Å². The highest BCUT2D eigenvalue weighted by Gasteiger charge is 2.22. The summed E-state index contributed by atoms with van der Waals surface area (Å²) in [5, 5.41) is 0. The summed E-state index contributed by atoms with van der Waals surface area (Å²) in [6, 6.07) is 11.7. The summed E-state index contributed by atoms with van der Waals surface area (Å²) in [7, 11) is 0. The molecule has 2 aromatic carbocycles. The van der Waals surface area contributed by atoms with Gasteiger partial charge >= 0.3 is 0 Å². The molecule has 0 N–H and O–H groups in total. The monoisotopic (exact) mass is 333 g/mol. The first-order valence-electron chi connectivity index (χ1n) is 8.57. The molecule has 126 valence electrons. The molecular formula is C21H20FN3. The van der Waals surface area contributed by atoms with Crippen molar-refractivity contribution < 1.29 is 4.39 Å². The average molecular weight is 333 g/mol. The summed E-state index contributed by atoms with van der Waals surface area (Å²) < 4.78 is 13.7. The van der Waals surface area contributed by atoms with E-state index < -0.39 is 0 Å². The first-order valence-corrected chi connectivity index (χ1v) is 8.57. The van der Waals surface area contributed by atoms with Gasteiger partial charge in [-0.3, -0.25) is 0 Å². The van der Waals surface area contributed by atoms with Crippen LogP contribution in [0.1, 0.15) is 23.1 Å². The lowest BCUT2D eigenvalue weighted by Crippen LogP contribution is -2.26. The first-order chi connectivity index (χ1) is 12.1. The summed E-state index contributed by atoms with van der Waals surface area (Å²) in [6.07, 6.45) is 5.57. The number of hydrogen-bond donors (Lipinski definition) is 0. The number of anilines is 2. The molecule has 1 aliphatic rings. The van der Waals surface area contributed by atoms with Gasteiger partial charge in [0.15, 0.2) is 0 Å². The number of rotatable bonds is 2. The molecule has 0 bridgehead atoms. The van der Waals surface area contributed by atoms with Gasteiger partial charge in [-0.25, -0.2) is 14.4 Å². The molecule has 3 nitrogen and oxygen atoms in total. The van der Waals surface area contributed by atoms with E-state index in [1.54, 1.807) is 19.3 Å². The van der Waals surface area contributed by atoms with Crippen LogP contribution in [-0.2, 0) is 6.42 Å². The van der Waals surface area contributed by atoms with Crippen LogP contribution in [-0.4, -0.2) is 16.5 Å². The average Bonchev–Trinajstić information content (AvgIpc) is 2.63. The van der Waals surface area contributed by atoms with Gasteiger partial charge in [-0.1, -0.05) is 23.8 Å². The van der Waals surface area contributed by atoms with E-state index in [0.29, 0.717) is 5.56 Å². The molecule has 0 fully saturated rings. The molecular weight excluding hydrogens is 313 g/mol. The molecule has 0 spiro atoms. The fourth-order valence-corrected chi connectivity index (χ4v) is 3.50. The SMILES string of the molecule is Cc1ccc2c(c1)CCCN2c1ncncc1-c1ccc(F)c(C)c1. The van der Waals surface area contributed by atoms with E-state index in [-0.39, 0.29) is 5.82 Å². The number of benzene rings is 2. The second-order valence-electron chi connectivity index (χ2n) is 6.61. The van der Waals surface area contributed by atoms with Crippen LogP contribution in [0.25, 0.3) is 11.1 Å². The molecule has 0 saturated heterocycles. The lowest BCUT2D eigenvalue weighted by Gasteiger charge is -2.32. The molecule has 0 saturated carbocycles. The Labute approximate surface area is 147 Å². The normalized spacial score (nSPS) is 13.6. The molecule has 1 aromatic heterocycles. The first kappa shape index (κ1) is 15.8. The van der Waals surface area contributed by atoms with Gasteiger partial charge in [0, 0.05) is 24.0 Å². The van der Waals surface area contributed by atoms with Crippen molar-refractivity contribution in [1.29, 1.82) is 0 Å². The van der Waals surface area contributed by atoms with E-state index in [9.17, 15) is 4.39 Å². The molecule has 3 aromatic rings. The maximum absolute atomic E-state index is 13.7. The van der Waals surface area contributed by atoms with Crippen LogP contribution in [0.5, 0.6) is 0 Å². The highest BCUT2D eigenvalue weighted by molar-refractivity contribution is 5.80. The van der Waals surface area contributed by atoms with E-state index in [4.69, 9.17) is 0 Å². The Morgan fingerprint density at radius 2 is 1.96 bits per heavy atom. The van der Waals surface area contributed by atoms with Crippen LogP contribution in [0.3, 0.4) is 0 Å². The van der Waals surface area contributed by atoms with Crippen molar-refractivity contribution in [1.82, 2.24) is 9.97 Å². The van der Waals surface area contributed by atoms with Crippen LogP contribution in [0, 0.1) is 19.7 Å². The van der Waals surface area contributed by atoms with Crippen molar-refractivity contribution in [2.24, 2.45) is 0 Å². The van der Waals surface area contributed by atoms with Crippen LogP contribution < -0.4 is 4.90 Å². The van der Waals surface area contributed by atoms with Crippen LogP contribution in [0.2, 0.25) is 0 Å². The summed E-state index contributed by atoms with van der Waals surface area (Å²) in [5.41, 5.74) is 6.33. The van der Waals surface area contributed by atoms with Crippen molar-refractivity contribution in [2.45, 2.75) is 26.7 Å². The summed E-state index contributed by atoms with van der Waals surface area (Å²) in [5.74, 6) is 0.687. The molecule has 4 rings (SSSR count). The van der Waals surface area contributed by atoms with Crippen LogP contribution >= 0.6 is 0 Å². The molecule has 0 radical (unpaired) electrons. The highest BCUT2D eigenvalue weighted by Crippen LogP contribution is 2.38. The fraction of sp³-hybridized carbons (Fsp3) is 0.238. The van der Waals surface area contributed by atoms with Gasteiger partial charge in [-0.15, -0.1) is 0 Å². The minimum Gasteiger partial charge on any atom is -0.326 e. The quantitative estimate of drug-likeness (QED) is 0.662. The lowest BCUT2D eigenvalue weighted by atomic mass is 9.98. The summed E-state index contributed by atoms with van der Waals surface area (Å²) in [4.78, 5) is 11.0. The maximum Gasteiger partial charge on any atom is 0.144 e. The van der Waals surface area contributed by atoms with Crippen molar-refractivity contribution in [3.05, 3.63) is 71.4 Å². The predicted octanol–water partition coefficient (Wildman–Crippen LogP) is 4.98. The summed E-state index contributed by atoms with van der Waals surface area (Å²) >= 11 is 0. The molecule has 0 amide bonds. The van der Waals surface area contributed by atoms with Gasteiger partial charge < -0.3 is 4.90 Å². The number of aryl methyl sites for hydroxylation is 3. The molecule has 2 heterocycles. The molecule has 4 heteroatoms. The Morgan fingerprint density at radius 1 is 1.08 bits per heavy atom. The number of fused-ring (bicyclic) bond motifs is 1. The van der Waals surface area contributed by atoms with E-state index in [1.807, 2.05) is 12.3 Å². The van der Waals surface area contributed by atoms with Gasteiger partial charge in [-0.2, -0.15) is 0 Å². The fourth-order valence-electron chi connectivity index (χ4n) is 3.50. The zero-order chi connectivity index (χ0) is 17.4. The third kappa shape index (κ3) is 2.88. The van der Waals surface area contributed by atoms with Gasteiger partial charge in [-0.05, 0) is 61.6 Å². The van der Waals surface area contributed by atoms with E-state index in [0.717, 1.165) is 36.3 Å². The second-order valence-corrected chi connectivity index (χ2v) is 6.61. The zero-order valence-corrected chi connectivity index (χ0v) is 14.5. The Morgan fingerprint density at radius 3 is 2.80 bits per heavy atom. The minimum absolute atomic E-state index is 0.194. The van der Waals surface area contributed by atoms with E-state index in [1.165, 1.54) is 22.9 Å². The van der Waals surface area contributed by atoms with E-state index in [2.05, 4.69) is 40.0 Å². The van der Waals surface area contributed by atoms with Crippen molar-refractivity contribution in [2.75, 3.05) is 11.4 Å². The molecule has 0 aliphatic carbocycles. The van der Waals surface area contributed by atoms with Gasteiger partial charge in [0.25, 0.3) is 0 Å². The van der Waals surface area contributed by atoms with E-state index >= 15 is 0 Å². The minimum atomic E-state index is -0.194. The standard InChI is InChI=1S/C21H20FN3/c1-14-5-8-20-17(10-14)4-3-9-25(20)21-18(12-23-13-24-21)16-6-7-19(22)15(2)11-16/h5-8,10-13H,3-4,9H2,1-2H3. The van der Waals surface area contributed by atoms with Crippen LogP contribution in [0.15, 0.2) is 48.9 Å². The van der Waals surface area contributed by atoms with Gasteiger partial charge in [0.1, 0.15) is 18.0 Å². The predicted molar refractivity (Wildman–Crippen MR) is 98.7 cm³/mol. The number of aromatic nitrogens is 2. The van der Waals surface area contributed by atoms with Crippen LogP contribution in [0.4, 0.5) is 15.9 Å². The highest BCUT2D eigenvalue weighted by atomic mass is 19.1. The number of halogens is 1. The Balaban J connectivity index is 1.84. The Hall–Kier alpha value is -2.75. The molecule has 0 unspecified atom stereocenters. The topological polar surface area (TPSA) is 29.0 Å². The zero-order valence-electron chi connectivity index (χ0n) is 14.5. The number of hydrogen-bond acceptors (Lipinski definition) is 3. The van der Waals surface area contributed by atoms with Gasteiger partial charge in [0.2, 0.25) is 0 Å². The molecule has 25 heavy (non-hydrogen) atoms.